The molecule has 180 valence electrons. The molecule has 0 amide bonds. The van der Waals surface area contributed by atoms with Crippen LogP contribution in [-0.2, 0) is 27.3 Å². The van der Waals surface area contributed by atoms with Gasteiger partial charge in [-0.2, -0.15) is 0 Å². The molecule has 2 aromatic heterocycles. The van der Waals surface area contributed by atoms with Crippen molar-refractivity contribution < 1.29 is 14.3 Å². The van der Waals surface area contributed by atoms with E-state index in [1.54, 1.807) is 11.7 Å². The van der Waals surface area contributed by atoms with Crippen molar-refractivity contribution in [3.63, 3.8) is 0 Å². The lowest BCUT2D eigenvalue weighted by atomic mass is 10.0. The molecule has 1 aromatic carbocycles. The minimum absolute atomic E-state index is 0.0348. The molecule has 0 aliphatic carbocycles. The smallest absolute Gasteiger partial charge is 0.281 e. The van der Waals surface area contributed by atoms with Crippen molar-refractivity contribution in [3.8, 4) is 0 Å². The van der Waals surface area contributed by atoms with Crippen molar-refractivity contribution in [2.24, 2.45) is 0 Å². The van der Waals surface area contributed by atoms with Gasteiger partial charge in [-0.3, -0.25) is 14.2 Å². The Morgan fingerprint density at radius 3 is 2.74 bits per heavy atom. The average Bonchev–Trinajstić information content (AvgIpc) is 3.52. The number of benzene rings is 1. The van der Waals surface area contributed by atoms with Crippen LogP contribution in [0.2, 0.25) is 0 Å². The standard InChI is InChI=1S/C25H30N4O4S/c1-32-16-21-26-23-22(24(31)29(21)18-11-14-33-15-12-18)27-25(34-23)28-13-5-8-19(28)20(30)10-9-17-6-3-2-4-7-17/h2-4,6-7,18-19H,5,8-16H2,1H3/t19-/m1/s1. The Labute approximate surface area is 202 Å². The number of ketones is 1. The fourth-order valence-electron chi connectivity index (χ4n) is 5.00. The van der Waals surface area contributed by atoms with Crippen molar-refractivity contribution in [1.29, 1.82) is 0 Å². The summed E-state index contributed by atoms with van der Waals surface area (Å²) in [5, 5.41) is 0.711. The van der Waals surface area contributed by atoms with E-state index in [1.165, 1.54) is 16.9 Å². The van der Waals surface area contributed by atoms with Gasteiger partial charge in [0.25, 0.3) is 5.56 Å². The fourth-order valence-corrected chi connectivity index (χ4v) is 6.03. The minimum Gasteiger partial charge on any atom is -0.381 e. The Morgan fingerprint density at radius 2 is 1.97 bits per heavy atom. The van der Waals surface area contributed by atoms with Crippen LogP contribution in [0.1, 0.15) is 49.5 Å². The SMILES string of the molecule is COCc1nc2sc(N3CCC[C@@H]3C(=O)CCc3ccccc3)nc2c(=O)n1C1CCOCC1. The van der Waals surface area contributed by atoms with E-state index in [-0.39, 0.29) is 30.0 Å². The van der Waals surface area contributed by atoms with E-state index in [4.69, 9.17) is 19.4 Å². The summed E-state index contributed by atoms with van der Waals surface area (Å²) in [5.41, 5.74) is 1.43. The number of thiazole rings is 1. The number of hydrogen-bond acceptors (Lipinski definition) is 8. The van der Waals surface area contributed by atoms with Crippen molar-refractivity contribution in [2.45, 2.75) is 57.2 Å². The Balaban J connectivity index is 1.42. The molecule has 2 saturated heterocycles. The molecule has 0 bridgehead atoms. The molecule has 8 nitrogen and oxygen atoms in total. The first-order chi connectivity index (χ1) is 16.7. The van der Waals surface area contributed by atoms with E-state index >= 15 is 0 Å². The monoisotopic (exact) mass is 482 g/mol. The van der Waals surface area contributed by atoms with Crippen molar-refractivity contribution in [3.05, 3.63) is 52.1 Å². The first kappa shape index (κ1) is 23.1. The maximum absolute atomic E-state index is 13.5. The quantitative estimate of drug-likeness (QED) is 0.485. The van der Waals surface area contributed by atoms with Crippen LogP contribution < -0.4 is 10.5 Å². The third kappa shape index (κ3) is 4.64. The van der Waals surface area contributed by atoms with E-state index in [1.807, 2.05) is 18.2 Å². The van der Waals surface area contributed by atoms with E-state index in [0.717, 1.165) is 38.6 Å². The van der Waals surface area contributed by atoms with Gasteiger partial charge in [0.15, 0.2) is 21.3 Å². The summed E-state index contributed by atoms with van der Waals surface area (Å²) in [7, 11) is 1.61. The van der Waals surface area contributed by atoms with E-state index in [2.05, 4.69) is 17.0 Å². The van der Waals surface area contributed by atoms with Crippen LogP contribution >= 0.6 is 11.3 Å². The zero-order valence-electron chi connectivity index (χ0n) is 19.4. The molecular weight excluding hydrogens is 452 g/mol. The van der Waals surface area contributed by atoms with Gasteiger partial charge in [0, 0.05) is 39.3 Å². The predicted octanol–water partition coefficient (Wildman–Crippen LogP) is 3.52. The molecule has 34 heavy (non-hydrogen) atoms. The summed E-state index contributed by atoms with van der Waals surface area (Å²) in [6.45, 7) is 2.29. The number of methoxy groups -OCH3 is 1. The number of anilines is 1. The minimum atomic E-state index is -0.194. The van der Waals surface area contributed by atoms with Crippen LogP contribution in [0.5, 0.6) is 0 Å². The Kier molecular flexibility index (Phi) is 7.03. The number of hydrogen-bond donors (Lipinski definition) is 0. The Hall–Kier alpha value is -2.62. The zero-order chi connectivity index (χ0) is 23.5. The first-order valence-corrected chi connectivity index (χ1v) is 12.8. The summed E-state index contributed by atoms with van der Waals surface area (Å²) >= 11 is 1.40. The molecule has 3 aromatic rings. The van der Waals surface area contributed by atoms with Gasteiger partial charge < -0.3 is 14.4 Å². The number of fused-ring (bicyclic) bond motifs is 1. The fraction of sp³-hybridized carbons (Fsp3) is 0.520. The lowest BCUT2D eigenvalue weighted by Crippen LogP contribution is -2.36. The highest BCUT2D eigenvalue weighted by atomic mass is 32.1. The third-order valence-electron chi connectivity index (χ3n) is 6.73. The number of carbonyl (C=O) groups is 1. The molecule has 1 atom stereocenters. The van der Waals surface area contributed by atoms with Gasteiger partial charge in [-0.1, -0.05) is 41.7 Å². The molecule has 2 aliphatic heterocycles. The van der Waals surface area contributed by atoms with Gasteiger partial charge in [-0.15, -0.1) is 0 Å². The van der Waals surface area contributed by atoms with Crippen LogP contribution in [0.25, 0.3) is 10.3 Å². The molecule has 4 heterocycles. The van der Waals surface area contributed by atoms with Gasteiger partial charge >= 0.3 is 0 Å². The number of rotatable bonds is 8. The third-order valence-corrected chi connectivity index (χ3v) is 7.72. The lowest BCUT2D eigenvalue weighted by molar-refractivity contribution is -0.120. The summed E-state index contributed by atoms with van der Waals surface area (Å²) in [6.07, 6.45) is 4.53. The summed E-state index contributed by atoms with van der Waals surface area (Å²) < 4.78 is 12.6. The van der Waals surface area contributed by atoms with Gasteiger partial charge in [0.2, 0.25) is 0 Å². The van der Waals surface area contributed by atoms with Crippen LogP contribution in [-0.4, -0.2) is 53.2 Å². The molecule has 0 radical (unpaired) electrons. The second kappa shape index (κ2) is 10.3. The van der Waals surface area contributed by atoms with Crippen LogP contribution in [0.15, 0.2) is 35.1 Å². The average molecular weight is 483 g/mol. The van der Waals surface area contributed by atoms with Gasteiger partial charge in [-0.25, -0.2) is 9.97 Å². The number of Topliss-reactive ketones (excluding diaryl/α,β-unsaturated/α-hetero) is 1. The first-order valence-electron chi connectivity index (χ1n) is 12.0. The van der Waals surface area contributed by atoms with Crippen molar-refractivity contribution >= 4 is 32.6 Å². The summed E-state index contributed by atoms with van der Waals surface area (Å²) in [6, 6.07) is 9.94. The molecular formula is C25H30N4O4S. The molecule has 0 spiro atoms. The predicted molar refractivity (Wildman–Crippen MR) is 132 cm³/mol. The maximum atomic E-state index is 13.5. The lowest BCUT2D eigenvalue weighted by Gasteiger charge is -2.25. The van der Waals surface area contributed by atoms with E-state index < -0.39 is 0 Å². The second-order valence-electron chi connectivity index (χ2n) is 8.93. The number of aromatic nitrogens is 3. The molecule has 0 saturated carbocycles. The normalized spacial score (nSPS) is 19.2. The molecule has 9 heteroatoms. The Bertz CT molecular complexity index is 1200. The molecule has 0 N–H and O–H groups in total. The van der Waals surface area contributed by atoms with Gasteiger partial charge in [-0.05, 0) is 37.7 Å². The van der Waals surface area contributed by atoms with Crippen LogP contribution in [0.3, 0.4) is 0 Å². The van der Waals surface area contributed by atoms with E-state index in [0.29, 0.717) is 40.9 Å². The largest absolute Gasteiger partial charge is 0.381 e. The summed E-state index contributed by atoms with van der Waals surface area (Å²) in [5.74, 6) is 0.854. The van der Waals surface area contributed by atoms with Gasteiger partial charge in [0.05, 0.1) is 6.04 Å². The summed E-state index contributed by atoms with van der Waals surface area (Å²) in [4.78, 5) is 38.8. The highest BCUT2D eigenvalue weighted by Crippen LogP contribution is 2.33. The van der Waals surface area contributed by atoms with Crippen molar-refractivity contribution in [1.82, 2.24) is 14.5 Å². The van der Waals surface area contributed by atoms with Gasteiger partial charge in [0.1, 0.15) is 12.4 Å². The number of nitrogens with zero attached hydrogens (tertiary/aromatic N) is 4. The molecule has 2 aliphatic rings. The highest BCUT2D eigenvalue weighted by molar-refractivity contribution is 7.21. The molecule has 0 unspecified atom stereocenters. The molecule has 2 fully saturated rings. The highest BCUT2D eigenvalue weighted by Gasteiger charge is 2.33. The zero-order valence-corrected chi connectivity index (χ0v) is 20.3. The van der Waals surface area contributed by atoms with Crippen LogP contribution in [0, 0.1) is 0 Å². The molecule has 5 rings (SSSR count). The second-order valence-corrected chi connectivity index (χ2v) is 9.89. The van der Waals surface area contributed by atoms with Crippen molar-refractivity contribution in [2.75, 3.05) is 31.8 Å². The number of ether oxygens (including phenoxy) is 2. The van der Waals surface area contributed by atoms with Crippen LogP contribution in [0.4, 0.5) is 5.13 Å². The number of aryl methyl sites for hydroxylation is 1. The maximum Gasteiger partial charge on any atom is 0.281 e. The Morgan fingerprint density at radius 1 is 1.18 bits per heavy atom. The van der Waals surface area contributed by atoms with E-state index in [9.17, 15) is 9.59 Å². The number of carbonyl (C=O) groups excluding carboxylic acids is 1. The topological polar surface area (TPSA) is 86.5 Å².